The summed E-state index contributed by atoms with van der Waals surface area (Å²) in [7, 11) is 0. The minimum absolute atomic E-state index is 0.435. The predicted molar refractivity (Wildman–Crippen MR) is 98.4 cm³/mol. The van der Waals surface area contributed by atoms with Gasteiger partial charge in [0.25, 0.3) is 5.89 Å². The second-order valence-corrected chi connectivity index (χ2v) is 7.45. The Balaban J connectivity index is 1.38. The van der Waals surface area contributed by atoms with Crippen molar-refractivity contribution >= 4 is 0 Å². The molecule has 3 saturated heterocycles. The first-order chi connectivity index (χ1) is 13.3. The molecule has 0 amide bonds. The van der Waals surface area contributed by atoms with Crippen LogP contribution in [0, 0.1) is 5.92 Å². The zero-order valence-corrected chi connectivity index (χ0v) is 15.2. The molecule has 0 N–H and O–H groups in total. The summed E-state index contributed by atoms with van der Waals surface area (Å²) >= 11 is 0. The monoisotopic (exact) mass is 365 g/mol. The number of hydrogen-bond acceptors (Lipinski definition) is 7. The number of nitrogens with zero attached hydrogens (tertiary/aromatic N) is 5. The number of hydrogen-bond donors (Lipinski definition) is 0. The van der Waals surface area contributed by atoms with Gasteiger partial charge in [-0.3, -0.25) is 9.88 Å². The third-order valence-electron chi connectivity index (χ3n) is 5.74. The molecule has 3 aromatic heterocycles. The summed E-state index contributed by atoms with van der Waals surface area (Å²) in [5.74, 6) is 2.40. The number of rotatable bonds is 6. The molecule has 0 unspecified atom stereocenters. The van der Waals surface area contributed by atoms with Gasteiger partial charge in [0.1, 0.15) is 0 Å². The summed E-state index contributed by atoms with van der Waals surface area (Å²) in [4.78, 5) is 9.33. The van der Waals surface area contributed by atoms with Crippen LogP contribution in [-0.4, -0.2) is 50.7 Å². The fraction of sp³-hybridized carbons (Fsp3) is 0.450. The molecule has 1 atom stereocenters. The van der Waals surface area contributed by atoms with E-state index in [-0.39, 0.29) is 0 Å². The summed E-state index contributed by atoms with van der Waals surface area (Å²) in [6, 6.07) is 8.28. The lowest BCUT2D eigenvalue weighted by molar-refractivity contribution is -0.00590. The van der Waals surface area contributed by atoms with Crippen LogP contribution in [0.3, 0.4) is 0 Å². The minimum atomic E-state index is 0.435. The van der Waals surface area contributed by atoms with Crippen LogP contribution < -0.4 is 0 Å². The van der Waals surface area contributed by atoms with Crippen molar-refractivity contribution in [1.82, 2.24) is 25.0 Å². The van der Waals surface area contributed by atoms with Crippen LogP contribution in [0.15, 0.2) is 51.8 Å². The van der Waals surface area contributed by atoms with Crippen LogP contribution >= 0.6 is 0 Å². The van der Waals surface area contributed by atoms with E-state index in [4.69, 9.17) is 8.83 Å². The Morgan fingerprint density at radius 1 is 1.11 bits per heavy atom. The standard InChI is InChI=1S/C20H23N5O2/c1-3-15(11-21-7-1)12-25(17-13-24-8-5-16(17)6-9-24)14-19-22-23-20(27-19)18-4-2-10-26-18/h1-4,7,10-11,16-17H,5-6,8-9,12-14H2/t17-/m1/s1. The van der Waals surface area contributed by atoms with Crippen molar-refractivity contribution in [2.75, 3.05) is 19.6 Å². The fourth-order valence-electron chi connectivity index (χ4n) is 4.36. The molecule has 6 heterocycles. The Hall–Kier alpha value is -2.51. The first-order valence-corrected chi connectivity index (χ1v) is 9.57. The van der Waals surface area contributed by atoms with Crippen molar-refractivity contribution in [2.45, 2.75) is 32.0 Å². The molecule has 7 heteroatoms. The topological polar surface area (TPSA) is 71.4 Å². The van der Waals surface area contributed by atoms with Crippen LogP contribution in [0.25, 0.3) is 11.7 Å². The van der Waals surface area contributed by atoms with Crippen molar-refractivity contribution in [3.05, 3.63) is 54.4 Å². The highest BCUT2D eigenvalue weighted by Gasteiger charge is 2.38. The molecular weight excluding hydrogens is 342 g/mol. The van der Waals surface area contributed by atoms with Crippen LogP contribution in [-0.2, 0) is 13.1 Å². The van der Waals surface area contributed by atoms with Crippen LogP contribution in [0.1, 0.15) is 24.3 Å². The molecule has 0 aromatic carbocycles. The van der Waals surface area contributed by atoms with Crippen molar-refractivity contribution in [2.24, 2.45) is 5.92 Å². The average Bonchev–Trinajstić information content (AvgIpc) is 3.41. The lowest BCUT2D eigenvalue weighted by Crippen LogP contribution is -2.56. The van der Waals surface area contributed by atoms with Crippen molar-refractivity contribution in [3.63, 3.8) is 0 Å². The summed E-state index contributed by atoms with van der Waals surface area (Å²) < 4.78 is 11.2. The average molecular weight is 365 g/mol. The molecule has 3 aromatic rings. The van der Waals surface area contributed by atoms with E-state index in [0.717, 1.165) is 19.0 Å². The maximum atomic E-state index is 5.88. The first-order valence-electron chi connectivity index (χ1n) is 9.57. The molecule has 3 aliphatic heterocycles. The Kier molecular flexibility index (Phi) is 4.47. The predicted octanol–water partition coefficient (Wildman–Crippen LogP) is 2.82. The third-order valence-corrected chi connectivity index (χ3v) is 5.74. The maximum Gasteiger partial charge on any atom is 0.283 e. The van der Waals surface area contributed by atoms with E-state index >= 15 is 0 Å². The Bertz CT molecular complexity index is 856. The smallest absolute Gasteiger partial charge is 0.283 e. The van der Waals surface area contributed by atoms with Gasteiger partial charge in [-0.05, 0) is 55.6 Å². The zero-order valence-electron chi connectivity index (χ0n) is 15.2. The van der Waals surface area contributed by atoms with Crippen LogP contribution in [0.5, 0.6) is 0 Å². The largest absolute Gasteiger partial charge is 0.459 e. The fourth-order valence-corrected chi connectivity index (χ4v) is 4.36. The summed E-state index contributed by atoms with van der Waals surface area (Å²) in [5.41, 5.74) is 1.21. The highest BCUT2D eigenvalue weighted by Crippen LogP contribution is 2.32. The normalized spacial score (nSPS) is 24.6. The van der Waals surface area contributed by atoms with E-state index in [2.05, 4.69) is 31.0 Å². The number of piperidine rings is 3. The van der Waals surface area contributed by atoms with E-state index < -0.39 is 0 Å². The van der Waals surface area contributed by atoms with Crippen molar-refractivity contribution in [3.8, 4) is 11.7 Å². The number of aromatic nitrogens is 3. The number of furan rings is 1. The van der Waals surface area contributed by atoms with Gasteiger partial charge in [0.05, 0.1) is 12.8 Å². The Morgan fingerprint density at radius 3 is 2.74 bits per heavy atom. The number of pyridine rings is 1. The molecule has 0 aliphatic carbocycles. The highest BCUT2D eigenvalue weighted by atomic mass is 16.4. The molecule has 3 aliphatic rings. The first kappa shape index (κ1) is 16.6. The molecule has 6 rings (SSSR count). The molecule has 2 bridgehead atoms. The zero-order chi connectivity index (χ0) is 18.1. The molecule has 0 saturated carbocycles. The molecule has 0 spiro atoms. The third kappa shape index (κ3) is 3.52. The van der Waals surface area contributed by atoms with Crippen LogP contribution in [0.2, 0.25) is 0 Å². The lowest BCUT2D eigenvalue weighted by atomic mass is 9.83. The van der Waals surface area contributed by atoms with E-state index in [1.165, 1.54) is 31.5 Å². The van der Waals surface area contributed by atoms with Gasteiger partial charge in [0.15, 0.2) is 5.76 Å². The van der Waals surface area contributed by atoms with Crippen LogP contribution in [0.4, 0.5) is 0 Å². The van der Waals surface area contributed by atoms with E-state index in [0.29, 0.717) is 30.1 Å². The van der Waals surface area contributed by atoms with Gasteiger partial charge < -0.3 is 13.7 Å². The quantitative estimate of drug-likeness (QED) is 0.665. The van der Waals surface area contributed by atoms with E-state index in [1.807, 2.05) is 30.6 Å². The highest BCUT2D eigenvalue weighted by molar-refractivity contribution is 5.42. The van der Waals surface area contributed by atoms with Gasteiger partial charge in [0, 0.05) is 31.5 Å². The Labute approximate surface area is 158 Å². The van der Waals surface area contributed by atoms with E-state index in [9.17, 15) is 0 Å². The summed E-state index contributed by atoms with van der Waals surface area (Å²) in [6.45, 7) is 5.04. The van der Waals surface area contributed by atoms with Crippen molar-refractivity contribution in [1.29, 1.82) is 0 Å². The molecular formula is C20H23N5O2. The minimum Gasteiger partial charge on any atom is -0.459 e. The van der Waals surface area contributed by atoms with Gasteiger partial charge in [-0.2, -0.15) is 0 Å². The van der Waals surface area contributed by atoms with Gasteiger partial charge in [-0.25, -0.2) is 0 Å². The molecule has 7 nitrogen and oxygen atoms in total. The van der Waals surface area contributed by atoms with Gasteiger partial charge in [0.2, 0.25) is 5.89 Å². The van der Waals surface area contributed by atoms with Crippen molar-refractivity contribution < 1.29 is 8.83 Å². The number of fused-ring (bicyclic) bond motifs is 3. The summed E-state index contributed by atoms with van der Waals surface area (Å²) in [5, 5.41) is 8.41. The lowest BCUT2D eigenvalue weighted by Gasteiger charge is -2.48. The molecule has 140 valence electrons. The Morgan fingerprint density at radius 2 is 2.04 bits per heavy atom. The summed E-state index contributed by atoms with van der Waals surface area (Å²) in [6.07, 6.45) is 7.92. The second kappa shape index (κ2) is 7.25. The SMILES string of the molecule is c1cncc(CN(Cc2nnc(-c3ccco3)o2)[C@@H]2CN3CCC2CC3)c1. The van der Waals surface area contributed by atoms with Gasteiger partial charge in [-0.15, -0.1) is 10.2 Å². The van der Waals surface area contributed by atoms with E-state index in [1.54, 1.807) is 6.26 Å². The van der Waals surface area contributed by atoms with Gasteiger partial charge in [-0.1, -0.05) is 6.07 Å². The molecule has 27 heavy (non-hydrogen) atoms. The molecule has 3 fully saturated rings. The van der Waals surface area contributed by atoms with Gasteiger partial charge >= 0.3 is 0 Å². The maximum absolute atomic E-state index is 5.88. The molecule has 0 radical (unpaired) electrons. The second-order valence-electron chi connectivity index (χ2n) is 7.45.